The van der Waals surface area contributed by atoms with Crippen molar-refractivity contribution in [2.75, 3.05) is 6.54 Å². The maximum absolute atomic E-state index is 12.5. The first-order chi connectivity index (χ1) is 11.1. The minimum absolute atomic E-state index is 0. The Balaban J connectivity index is 0.00000208. The summed E-state index contributed by atoms with van der Waals surface area (Å²) in [5.41, 5.74) is 7.27. The molecule has 0 saturated heterocycles. The van der Waals surface area contributed by atoms with Crippen molar-refractivity contribution in [1.29, 1.82) is 0 Å². The number of nitrogens with one attached hydrogen (secondary N) is 1. The highest BCUT2D eigenvalue weighted by molar-refractivity contribution is 6.42. The maximum atomic E-state index is 12.5. The quantitative estimate of drug-likeness (QED) is 0.807. The largest absolute Gasteiger partial charge is 0.356 e. The molecule has 2 saturated carbocycles. The van der Waals surface area contributed by atoms with E-state index in [1.54, 1.807) is 6.07 Å². The number of hydrogen-bond donors (Lipinski definition) is 2. The number of carbonyl (C=O) groups excluding carboxylic acids is 1. The van der Waals surface area contributed by atoms with Gasteiger partial charge in [0.25, 0.3) is 0 Å². The van der Waals surface area contributed by atoms with Crippen LogP contribution >= 0.6 is 35.6 Å². The SMILES string of the molecule is Cl.NC1C2CCCC1CC(C(=O)NCCc1cccc(Cl)c1Cl)C2. The van der Waals surface area contributed by atoms with Gasteiger partial charge in [-0.25, -0.2) is 0 Å². The third-order valence-electron chi connectivity index (χ3n) is 5.51. The van der Waals surface area contributed by atoms with Crippen LogP contribution in [0.3, 0.4) is 0 Å². The van der Waals surface area contributed by atoms with Crippen LogP contribution in [0.4, 0.5) is 0 Å². The molecule has 0 radical (unpaired) electrons. The summed E-state index contributed by atoms with van der Waals surface area (Å²) < 4.78 is 0. The molecule has 134 valence electrons. The van der Waals surface area contributed by atoms with Crippen molar-refractivity contribution in [2.45, 2.75) is 44.6 Å². The second kappa shape index (κ2) is 8.75. The number of hydrogen-bond acceptors (Lipinski definition) is 2. The van der Waals surface area contributed by atoms with Gasteiger partial charge in [-0.2, -0.15) is 0 Å². The molecule has 2 fully saturated rings. The fourth-order valence-corrected chi connectivity index (χ4v) is 4.62. The monoisotopic (exact) mass is 390 g/mol. The Kier molecular flexibility index (Phi) is 7.23. The Morgan fingerprint density at radius 3 is 2.54 bits per heavy atom. The number of benzene rings is 1. The minimum atomic E-state index is 0. The van der Waals surface area contributed by atoms with Gasteiger partial charge in [0.1, 0.15) is 0 Å². The molecule has 1 amide bonds. The summed E-state index contributed by atoms with van der Waals surface area (Å²) >= 11 is 12.2. The van der Waals surface area contributed by atoms with Crippen molar-refractivity contribution >= 4 is 41.5 Å². The average molecular weight is 392 g/mol. The Hall–Kier alpha value is -0.480. The molecule has 24 heavy (non-hydrogen) atoms. The molecule has 3 nitrogen and oxygen atoms in total. The summed E-state index contributed by atoms with van der Waals surface area (Å²) in [4.78, 5) is 12.5. The van der Waals surface area contributed by atoms with E-state index in [0.717, 1.165) is 18.4 Å². The van der Waals surface area contributed by atoms with Crippen LogP contribution in [-0.4, -0.2) is 18.5 Å². The number of carbonyl (C=O) groups is 1. The molecule has 3 N–H and O–H groups in total. The lowest BCUT2D eigenvalue weighted by atomic mass is 9.65. The van der Waals surface area contributed by atoms with Gasteiger partial charge in [-0.1, -0.05) is 41.8 Å². The second-order valence-corrected chi connectivity index (χ2v) is 7.74. The minimum Gasteiger partial charge on any atom is -0.356 e. The number of fused-ring (bicyclic) bond motifs is 2. The fraction of sp³-hybridized carbons (Fsp3) is 0.611. The van der Waals surface area contributed by atoms with Crippen LogP contribution in [-0.2, 0) is 11.2 Å². The van der Waals surface area contributed by atoms with Gasteiger partial charge in [-0.3, -0.25) is 4.79 Å². The first kappa shape index (κ1) is 19.8. The van der Waals surface area contributed by atoms with Gasteiger partial charge in [-0.15, -0.1) is 12.4 Å². The van der Waals surface area contributed by atoms with Gasteiger partial charge in [-0.05, 0) is 55.6 Å². The lowest BCUT2D eigenvalue weighted by Crippen LogP contribution is -2.49. The van der Waals surface area contributed by atoms with E-state index in [9.17, 15) is 4.79 Å². The van der Waals surface area contributed by atoms with E-state index in [1.807, 2.05) is 12.1 Å². The Morgan fingerprint density at radius 1 is 1.21 bits per heavy atom. The summed E-state index contributed by atoms with van der Waals surface area (Å²) in [6, 6.07) is 5.91. The smallest absolute Gasteiger partial charge is 0.223 e. The number of rotatable bonds is 4. The van der Waals surface area contributed by atoms with E-state index in [0.29, 0.717) is 40.9 Å². The highest BCUT2D eigenvalue weighted by atomic mass is 35.5. The van der Waals surface area contributed by atoms with Gasteiger partial charge in [0.15, 0.2) is 0 Å². The summed E-state index contributed by atoms with van der Waals surface area (Å²) in [5, 5.41) is 4.21. The molecular weight excluding hydrogens is 367 g/mol. The van der Waals surface area contributed by atoms with Crippen molar-refractivity contribution < 1.29 is 4.79 Å². The van der Waals surface area contributed by atoms with Crippen molar-refractivity contribution in [3.8, 4) is 0 Å². The van der Waals surface area contributed by atoms with Crippen molar-refractivity contribution in [3.05, 3.63) is 33.8 Å². The predicted molar refractivity (Wildman–Crippen MR) is 102 cm³/mol. The van der Waals surface area contributed by atoms with Gasteiger partial charge in [0.2, 0.25) is 5.91 Å². The maximum Gasteiger partial charge on any atom is 0.223 e. The molecular formula is C18H25Cl3N2O. The van der Waals surface area contributed by atoms with E-state index >= 15 is 0 Å². The Labute approximate surface area is 160 Å². The van der Waals surface area contributed by atoms with Gasteiger partial charge in [0, 0.05) is 18.5 Å². The average Bonchev–Trinajstić information content (AvgIpc) is 2.51. The third kappa shape index (κ3) is 4.37. The molecule has 2 atom stereocenters. The first-order valence-corrected chi connectivity index (χ1v) is 9.28. The van der Waals surface area contributed by atoms with E-state index in [-0.39, 0.29) is 24.2 Å². The zero-order valence-electron chi connectivity index (χ0n) is 13.6. The van der Waals surface area contributed by atoms with Crippen LogP contribution in [0.15, 0.2) is 18.2 Å². The topological polar surface area (TPSA) is 55.1 Å². The summed E-state index contributed by atoms with van der Waals surface area (Å²) in [5.74, 6) is 1.35. The highest BCUT2D eigenvalue weighted by Gasteiger charge is 2.40. The summed E-state index contributed by atoms with van der Waals surface area (Å²) in [7, 11) is 0. The van der Waals surface area contributed by atoms with E-state index in [1.165, 1.54) is 19.3 Å². The number of halogens is 3. The molecule has 3 rings (SSSR count). The van der Waals surface area contributed by atoms with Gasteiger partial charge >= 0.3 is 0 Å². The number of amides is 1. The fourth-order valence-electron chi connectivity index (χ4n) is 4.21. The molecule has 2 bridgehead atoms. The molecule has 1 aromatic rings. The summed E-state index contributed by atoms with van der Waals surface area (Å²) in [6.07, 6.45) is 6.22. The Bertz CT molecular complexity index is 567. The van der Waals surface area contributed by atoms with Crippen LogP contribution in [0.5, 0.6) is 0 Å². The van der Waals surface area contributed by atoms with Crippen LogP contribution in [0.25, 0.3) is 0 Å². The molecule has 1 aromatic carbocycles. The van der Waals surface area contributed by atoms with Crippen LogP contribution < -0.4 is 11.1 Å². The molecule has 2 aliphatic rings. The molecule has 6 heteroatoms. The molecule has 2 unspecified atom stereocenters. The molecule has 0 heterocycles. The molecule has 0 aromatic heterocycles. The standard InChI is InChI=1S/C18H24Cl2N2O.ClH/c19-15-6-2-3-11(16(15)20)7-8-22-18(23)14-9-12-4-1-5-13(10-14)17(12)21;/h2-3,6,12-14,17H,1,4-5,7-10,21H2,(H,22,23);1H. The normalized spacial score (nSPS) is 28.8. The summed E-state index contributed by atoms with van der Waals surface area (Å²) in [6.45, 7) is 0.594. The highest BCUT2D eigenvalue weighted by Crippen LogP contribution is 2.41. The first-order valence-electron chi connectivity index (χ1n) is 8.52. The molecule has 0 aliphatic heterocycles. The van der Waals surface area contributed by atoms with Crippen LogP contribution in [0.1, 0.15) is 37.7 Å². The van der Waals surface area contributed by atoms with Crippen molar-refractivity contribution in [1.82, 2.24) is 5.32 Å². The van der Waals surface area contributed by atoms with Crippen molar-refractivity contribution in [3.63, 3.8) is 0 Å². The van der Waals surface area contributed by atoms with Crippen LogP contribution in [0, 0.1) is 17.8 Å². The zero-order chi connectivity index (χ0) is 16.4. The molecule has 0 spiro atoms. The van der Waals surface area contributed by atoms with Gasteiger partial charge in [0.05, 0.1) is 10.0 Å². The molecule has 2 aliphatic carbocycles. The predicted octanol–water partition coefficient (Wildman–Crippen LogP) is 4.23. The Morgan fingerprint density at radius 2 is 1.88 bits per heavy atom. The third-order valence-corrected chi connectivity index (χ3v) is 6.37. The lowest BCUT2D eigenvalue weighted by Gasteiger charge is -2.43. The van der Waals surface area contributed by atoms with E-state index in [2.05, 4.69) is 5.32 Å². The van der Waals surface area contributed by atoms with E-state index in [4.69, 9.17) is 28.9 Å². The van der Waals surface area contributed by atoms with Crippen molar-refractivity contribution in [2.24, 2.45) is 23.5 Å². The lowest BCUT2D eigenvalue weighted by molar-refractivity contribution is -0.127. The van der Waals surface area contributed by atoms with Crippen LogP contribution in [0.2, 0.25) is 10.0 Å². The second-order valence-electron chi connectivity index (χ2n) is 6.95. The van der Waals surface area contributed by atoms with Gasteiger partial charge < -0.3 is 11.1 Å². The number of nitrogens with two attached hydrogens (primary N) is 1. The van der Waals surface area contributed by atoms with E-state index < -0.39 is 0 Å². The zero-order valence-corrected chi connectivity index (χ0v) is 16.0.